The number of hydrogen-bond acceptors (Lipinski definition) is 5. The summed E-state index contributed by atoms with van der Waals surface area (Å²) in [6.07, 6.45) is 1.15. The quantitative estimate of drug-likeness (QED) is 0.704. The van der Waals surface area contributed by atoms with E-state index in [1.807, 2.05) is 49.1 Å². The average Bonchev–Trinajstić information content (AvgIpc) is 2.71. The lowest BCUT2D eigenvalue weighted by molar-refractivity contribution is 0.0601. The summed E-state index contributed by atoms with van der Waals surface area (Å²) >= 11 is 0. The number of nitrogens with one attached hydrogen (secondary N) is 1. The molecule has 2 aromatic rings. The number of rotatable bonds is 5. The molecule has 0 unspecified atom stereocenters. The van der Waals surface area contributed by atoms with Crippen LogP contribution in [0.5, 0.6) is 0 Å². The van der Waals surface area contributed by atoms with Gasteiger partial charge in [-0.15, -0.1) is 0 Å². The van der Waals surface area contributed by atoms with Crippen LogP contribution in [0, 0.1) is 23.7 Å². The van der Waals surface area contributed by atoms with Gasteiger partial charge in [-0.25, -0.2) is 0 Å². The van der Waals surface area contributed by atoms with E-state index in [1.165, 1.54) is 0 Å². The Labute approximate surface area is 189 Å². The van der Waals surface area contributed by atoms with Gasteiger partial charge in [0.1, 0.15) is 0 Å². The van der Waals surface area contributed by atoms with E-state index in [9.17, 15) is 4.79 Å². The lowest BCUT2D eigenvalue weighted by Crippen LogP contribution is -2.48. The van der Waals surface area contributed by atoms with Crippen LogP contribution in [-0.2, 0) is 0 Å². The van der Waals surface area contributed by atoms with Crippen molar-refractivity contribution in [3.05, 3.63) is 69.8 Å². The molecular formula is C26H29N5O. The molecule has 164 valence electrons. The maximum Gasteiger partial charge on any atom is 0.254 e. The average molecular weight is 428 g/mol. The summed E-state index contributed by atoms with van der Waals surface area (Å²) in [5.41, 5.74) is 13.5. The minimum Gasteiger partial charge on any atom is -0.398 e. The number of carbonyl (C=O) groups is 1. The molecule has 2 aliphatic rings. The van der Waals surface area contributed by atoms with E-state index < -0.39 is 0 Å². The molecule has 3 N–H and O–H groups in total. The molecule has 0 aromatic heterocycles. The van der Waals surface area contributed by atoms with Gasteiger partial charge < -0.3 is 20.9 Å². The minimum absolute atomic E-state index is 0.0147. The normalized spacial score (nSPS) is 16.6. The van der Waals surface area contributed by atoms with Gasteiger partial charge in [-0.3, -0.25) is 4.79 Å². The summed E-state index contributed by atoms with van der Waals surface area (Å²) in [5.74, 6) is 0.306. The lowest BCUT2D eigenvalue weighted by atomic mass is 9.89. The molecule has 6 heteroatoms. The first-order valence-electron chi connectivity index (χ1n) is 11.0. The van der Waals surface area contributed by atoms with Crippen molar-refractivity contribution < 1.29 is 4.79 Å². The number of benzene rings is 2. The first kappa shape index (κ1) is 21.6. The molecule has 2 fully saturated rings. The van der Waals surface area contributed by atoms with E-state index in [0.717, 1.165) is 47.5 Å². The van der Waals surface area contributed by atoms with Gasteiger partial charge in [0.2, 0.25) is 0 Å². The second-order valence-corrected chi connectivity index (χ2v) is 8.83. The van der Waals surface area contributed by atoms with Crippen molar-refractivity contribution in [3.63, 3.8) is 0 Å². The maximum absolute atomic E-state index is 13.3. The van der Waals surface area contributed by atoms with Crippen molar-refractivity contribution in [1.29, 1.82) is 10.7 Å². The van der Waals surface area contributed by atoms with E-state index in [1.54, 1.807) is 6.92 Å². The van der Waals surface area contributed by atoms with Crippen LogP contribution in [0.4, 0.5) is 5.69 Å². The van der Waals surface area contributed by atoms with E-state index in [0.29, 0.717) is 41.5 Å². The van der Waals surface area contributed by atoms with Gasteiger partial charge >= 0.3 is 0 Å². The Bertz CT molecular complexity index is 1150. The Hall–Kier alpha value is -3.59. The first-order chi connectivity index (χ1) is 15.3. The summed E-state index contributed by atoms with van der Waals surface area (Å²) in [4.78, 5) is 17.5. The SMILES string of the molecule is CC(=N)/C(C)=C(\N)c1cc(C(=O)N2CC(c3ccc(C#N)cc3)C2)c(C)cc1N1CCC1. The van der Waals surface area contributed by atoms with Crippen LogP contribution in [0.2, 0.25) is 0 Å². The highest BCUT2D eigenvalue weighted by atomic mass is 16.2. The molecule has 6 nitrogen and oxygen atoms in total. The number of hydrogen-bond donors (Lipinski definition) is 2. The van der Waals surface area contributed by atoms with Crippen molar-refractivity contribution in [3.8, 4) is 6.07 Å². The predicted molar refractivity (Wildman–Crippen MR) is 128 cm³/mol. The zero-order chi connectivity index (χ0) is 23.0. The fourth-order valence-electron chi connectivity index (χ4n) is 4.22. The number of amides is 1. The highest BCUT2D eigenvalue weighted by Crippen LogP contribution is 2.35. The number of nitriles is 1. The van der Waals surface area contributed by atoms with Crippen molar-refractivity contribution in [2.24, 2.45) is 5.73 Å². The van der Waals surface area contributed by atoms with Crippen LogP contribution in [-0.4, -0.2) is 42.7 Å². The third-order valence-electron chi connectivity index (χ3n) is 6.71. The standard InChI is InChI=1S/C26H29N5O/c1-16-11-24(30-9-4-10-30)23(25(29)17(2)18(3)28)12-22(16)26(32)31-14-21(15-31)20-7-5-19(13-27)6-8-20/h5-8,11-12,21,28H,4,9-10,14-15,29H2,1-3H3/b25-17-,28-18?. The Morgan fingerprint density at radius 1 is 1.12 bits per heavy atom. The van der Waals surface area contributed by atoms with Gasteiger partial charge in [-0.05, 0) is 68.2 Å². The van der Waals surface area contributed by atoms with Crippen molar-refractivity contribution >= 4 is 23.0 Å². The topological polar surface area (TPSA) is 97.2 Å². The van der Waals surface area contributed by atoms with Gasteiger partial charge in [-0.2, -0.15) is 5.26 Å². The maximum atomic E-state index is 13.3. The molecular weight excluding hydrogens is 398 g/mol. The number of likely N-dealkylation sites (tertiary alicyclic amines) is 1. The van der Waals surface area contributed by atoms with Gasteiger partial charge in [0.25, 0.3) is 5.91 Å². The number of allylic oxidation sites excluding steroid dienone is 1. The fourth-order valence-corrected chi connectivity index (χ4v) is 4.22. The zero-order valence-electron chi connectivity index (χ0n) is 18.9. The third kappa shape index (κ3) is 3.87. The zero-order valence-corrected chi connectivity index (χ0v) is 18.9. The van der Waals surface area contributed by atoms with Crippen LogP contribution in [0.1, 0.15) is 58.8 Å². The van der Waals surface area contributed by atoms with Crippen LogP contribution in [0.3, 0.4) is 0 Å². The molecule has 0 bridgehead atoms. The second-order valence-electron chi connectivity index (χ2n) is 8.83. The molecule has 0 saturated carbocycles. The highest BCUT2D eigenvalue weighted by Gasteiger charge is 2.33. The molecule has 2 aromatic carbocycles. The van der Waals surface area contributed by atoms with Crippen LogP contribution in [0.25, 0.3) is 5.70 Å². The van der Waals surface area contributed by atoms with E-state index in [-0.39, 0.29) is 5.91 Å². The van der Waals surface area contributed by atoms with Crippen LogP contribution >= 0.6 is 0 Å². The highest BCUT2D eigenvalue weighted by molar-refractivity contribution is 6.04. The summed E-state index contributed by atoms with van der Waals surface area (Å²) in [6, 6.07) is 13.7. The molecule has 0 spiro atoms. The number of anilines is 1. The first-order valence-corrected chi connectivity index (χ1v) is 11.0. The Balaban J connectivity index is 1.60. The van der Waals surface area contributed by atoms with Gasteiger partial charge in [0.15, 0.2) is 0 Å². The minimum atomic E-state index is 0.0147. The van der Waals surface area contributed by atoms with Gasteiger partial charge in [-0.1, -0.05) is 12.1 Å². The molecule has 4 rings (SSSR count). The number of nitrogens with two attached hydrogens (primary N) is 1. The van der Waals surface area contributed by atoms with E-state index >= 15 is 0 Å². The van der Waals surface area contributed by atoms with Crippen LogP contribution in [0.15, 0.2) is 42.0 Å². The molecule has 2 saturated heterocycles. The smallest absolute Gasteiger partial charge is 0.254 e. The molecule has 32 heavy (non-hydrogen) atoms. The van der Waals surface area contributed by atoms with Gasteiger partial charge in [0, 0.05) is 60.3 Å². The summed E-state index contributed by atoms with van der Waals surface area (Å²) in [6.45, 7) is 8.86. The number of aryl methyl sites for hydroxylation is 1. The van der Waals surface area contributed by atoms with Crippen molar-refractivity contribution in [2.45, 2.75) is 33.1 Å². The van der Waals surface area contributed by atoms with E-state index in [2.05, 4.69) is 17.0 Å². The number of nitrogens with zero attached hydrogens (tertiary/aromatic N) is 3. The van der Waals surface area contributed by atoms with Crippen molar-refractivity contribution in [2.75, 3.05) is 31.1 Å². The lowest BCUT2D eigenvalue weighted by Gasteiger charge is -2.40. The predicted octanol–water partition coefficient (Wildman–Crippen LogP) is 4.05. The molecule has 2 heterocycles. The molecule has 2 aliphatic heterocycles. The monoisotopic (exact) mass is 427 g/mol. The largest absolute Gasteiger partial charge is 0.398 e. The molecule has 0 aliphatic carbocycles. The Kier molecular flexibility index (Phi) is 5.75. The van der Waals surface area contributed by atoms with E-state index in [4.69, 9.17) is 16.4 Å². The fraction of sp³-hybridized carbons (Fsp3) is 0.346. The summed E-state index contributed by atoms with van der Waals surface area (Å²) in [7, 11) is 0. The van der Waals surface area contributed by atoms with Crippen molar-refractivity contribution in [1.82, 2.24) is 4.90 Å². The Morgan fingerprint density at radius 2 is 1.78 bits per heavy atom. The summed E-state index contributed by atoms with van der Waals surface area (Å²) < 4.78 is 0. The third-order valence-corrected chi connectivity index (χ3v) is 6.71. The Morgan fingerprint density at radius 3 is 2.31 bits per heavy atom. The molecule has 0 radical (unpaired) electrons. The molecule has 1 amide bonds. The number of carbonyl (C=O) groups excluding carboxylic acids is 1. The second kappa shape index (κ2) is 8.51. The van der Waals surface area contributed by atoms with Gasteiger partial charge in [0.05, 0.1) is 11.6 Å². The molecule has 0 atom stereocenters. The summed E-state index contributed by atoms with van der Waals surface area (Å²) in [5, 5.41) is 17.0. The van der Waals surface area contributed by atoms with Crippen LogP contribution < -0.4 is 10.6 Å².